The van der Waals surface area contributed by atoms with Crippen LogP contribution in [0.25, 0.3) is 22.3 Å². The number of carbonyl (C=O) groups is 2. The largest absolute Gasteiger partial charge is 0.469 e. The fraction of sp³-hybridized carbons (Fsp3) is 0.286. The molecule has 0 atom stereocenters. The minimum Gasteiger partial charge on any atom is -0.469 e. The van der Waals surface area contributed by atoms with Crippen molar-refractivity contribution in [1.29, 1.82) is 0 Å². The second-order valence-electron chi connectivity index (χ2n) is 9.78. The fourth-order valence-corrected chi connectivity index (χ4v) is 3.83. The summed E-state index contributed by atoms with van der Waals surface area (Å²) in [5.74, 6) is 0.0592. The van der Waals surface area contributed by atoms with Crippen LogP contribution in [0.1, 0.15) is 33.3 Å². The minimum atomic E-state index is -0.997. The van der Waals surface area contributed by atoms with E-state index in [-0.39, 0.29) is 5.91 Å². The molecule has 0 radical (unpaired) electrons. The maximum atomic E-state index is 13.0. The van der Waals surface area contributed by atoms with Gasteiger partial charge in [0.15, 0.2) is 0 Å². The number of nitrogens with one attached hydrogen (secondary N) is 3. The number of esters is 1. The highest BCUT2D eigenvalue weighted by Gasteiger charge is 2.49. The first kappa shape index (κ1) is 24.9. The van der Waals surface area contributed by atoms with Gasteiger partial charge in [0, 0.05) is 17.9 Å². The summed E-state index contributed by atoms with van der Waals surface area (Å²) in [5, 5.41) is 7.21. The van der Waals surface area contributed by atoms with Gasteiger partial charge in [0.25, 0.3) is 0 Å². The summed E-state index contributed by atoms with van der Waals surface area (Å²) < 4.78 is 4.90. The monoisotopic (exact) mass is 485 g/mol. The molecule has 3 N–H and O–H groups in total. The number of fused-ring (bicyclic) bond motifs is 1. The predicted molar refractivity (Wildman–Crippen MR) is 141 cm³/mol. The summed E-state index contributed by atoms with van der Waals surface area (Å²) in [6, 6.07) is 19.6. The Bertz CT molecular complexity index is 1380. The third-order valence-corrected chi connectivity index (χ3v) is 7.01. The molecule has 4 aromatic rings. The van der Waals surface area contributed by atoms with Gasteiger partial charge in [-0.25, -0.2) is 9.97 Å². The van der Waals surface area contributed by atoms with E-state index >= 15 is 0 Å². The Morgan fingerprint density at radius 1 is 0.944 bits per heavy atom. The van der Waals surface area contributed by atoms with Crippen LogP contribution in [0.4, 0.5) is 11.5 Å². The molecule has 8 heteroatoms. The summed E-state index contributed by atoms with van der Waals surface area (Å²) in [6.45, 7) is 7.56. The standard InChI is InChI=1S/C28H31N5O3/c1-27(2,28(3,4)26(35)36-5)25(34)32-20-13-11-19(12-14-20)22-15-21-23(30-17-31-24(21)33-22)29-16-18-9-7-6-8-10-18/h6-15,17H,16H2,1-5H3,(H,32,34)(H2,29,30,31,33). The zero-order valence-electron chi connectivity index (χ0n) is 21.2. The molecule has 4 rings (SSSR count). The van der Waals surface area contributed by atoms with Crippen molar-refractivity contribution in [2.24, 2.45) is 10.8 Å². The van der Waals surface area contributed by atoms with Crippen LogP contribution in [0.15, 0.2) is 67.0 Å². The topological polar surface area (TPSA) is 109 Å². The van der Waals surface area contributed by atoms with E-state index < -0.39 is 16.8 Å². The van der Waals surface area contributed by atoms with E-state index in [1.807, 2.05) is 48.5 Å². The zero-order valence-corrected chi connectivity index (χ0v) is 21.2. The fourth-order valence-electron chi connectivity index (χ4n) is 3.83. The van der Waals surface area contributed by atoms with Gasteiger partial charge in [-0.1, -0.05) is 42.5 Å². The average molecular weight is 486 g/mol. The Hall–Kier alpha value is -4.20. The first-order chi connectivity index (χ1) is 17.1. The van der Waals surface area contributed by atoms with Gasteiger partial charge in [-0.15, -0.1) is 0 Å². The number of aromatic amines is 1. The molecule has 2 heterocycles. The van der Waals surface area contributed by atoms with Gasteiger partial charge in [-0.2, -0.15) is 0 Å². The summed E-state index contributed by atoms with van der Waals surface area (Å²) in [4.78, 5) is 37.4. The third-order valence-electron chi connectivity index (χ3n) is 7.01. The number of benzene rings is 2. The third kappa shape index (κ3) is 4.79. The van der Waals surface area contributed by atoms with Gasteiger partial charge < -0.3 is 20.4 Å². The van der Waals surface area contributed by atoms with Crippen LogP contribution in [0.2, 0.25) is 0 Å². The molecule has 1 amide bonds. The number of anilines is 2. The molecule has 0 bridgehead atoms. The van der Waals surface area contributed by atoms with E-state index in [4.69, 9.17) is 4.74 Å². The first-order valence-electron chi connectivity index (χ1n) is 11.8. The van der Waals surface area contributed by atoms with Crippen LogP contribution >= 0.6 is 0 Å². The molecule has 2 aromatic carbocycles. The van der Waals surface area contributed by atoms with E-state index in [2.05, 4.69) is 37.7 Å². The van der Waals surface area contributed by atoms with Gasteiger partial charge in [0.05, 0.1) is 23.3 Å². The molecule has 0 spiro atoms. The van der Waals surface area contributed by atoms with Crippen molar-refractivity contribution < 1.29 is 14.3 Å². The van der Waals surface area contributed by atoms with Crippen LogP contribution in [0.5, 0.6) is 0 Å². The maximum Gasteiger partial charge on any atom is 0.312 e. The molecule has 36 heavy (non-hydrogen) atoms. The molecular weight excluding hydrogens is 454 g/mol. The molecule has 0 aliphatic rings. The van der Waals surface area contributed by atoms with Gasteiger partial charge >= 0.3 is 5.97 Å². The van der Waals surface area contributed by atoms with E-state index in [1.165, 1.54) is 13.4 Å². The lowest BCUT2D eigenvalue weighted by molar-refractivity contribution is -0.161. The van der Waals surface area contributed by atoms with Crippen molar-refractivity contribution >= 4 is 34.4 Å². The van der Waals surface area contributed by atoms with E-state index in [9.17, 15) is 9.59 Å². The molecule has 2 aromatic heterocycles. The number of hydrogen-bond acceptors (Lipinski definition) is 6. The van der Waals surface area contributed by atoms with E-state index in [0.29, 0.717) is 12.2 Å². The Morgan fingerprint density at radius 2 is 1.64 bits per heavy atom. The molecule has 0 saturated carbocycles. The smallest absolute Gasteiger partial charge is 0.312 e. The lowest BCUT2D eigenvalue weighted by atomic mass is 9.67. The number of aromatic nitrogens is 3. The van der Waals surface area contributed by atoms with Crippen LogP contribution in [0, 0.1) is 10.8 Å². The van der Waals surface area contributed by atoms with Crippen molar-refractivity contribution in [1.82, 2.24) is 15.0 Å². The number of nitrogens with zero attached hydrogens (tertiary/aromatic N) is 2. The maximum absolute atomic E-state index is 13.0. The highest BCUT2D eigenvalue weighted by Crippen LogP contribution is 2.40. The first-order valence-corrected chi connectivity index (χ1v) is 11.8. The van der Waals surface area contributed by atoms with E-state index in [1.54, 1.807) is 27.7 Å². The van der Waals surface area contributed by atoms with E-state index in [0.717, 1.165) is 33.7 Å². The summed E-state index contributed by atoms with van der Waals surface area (Å²) >= 11 is 0. The zero-order chi connectivity index (χ0) is 25.9. The molecule has 186 valence electrons. The van der Waals surface area contributed by atoms with Crippen LogP contribution in [-0.4, -0.2) is 33.9 Å². The summed E-state index contributed by atoms with van der Waals surface area (Å²) in [5.41, 5.74) is 2.38. The van der Waals surface area contributed by atoms with Crippen LogP contribution in [-0.2, 0) is 20.9 Å². The molecule has 8 nitrogen and oxygen atoms in total. The van der Waals surface area contributed by atoms with Crippen molar-refractivity contribution in [2.45, 2.75) is 34.2 Å². The Kier molecular flexibility index (Phi) is 6.79. The van der Waals surface area contributed by atoms with Crippen LogP contribution in [0.3, 0.4) is 0 Å². The van der Waals surface area contributed by atoms with Gasteiger partial charge in [-0.3, -0.25) is 9.59 Å². The lowest BCUT2D eigenvalue weighted by Gasteiger charge is -2.37. The molecule has 0 saturated heterocycles. The molecule has 0 aliphatic heterocycles. The van der Waals surface area contributed by atoms with Crippen LogP contribution < -0.4 is 10.6 Å². The number of hydrogen-bond donors (Lipinski definition) is 3. The van der Waals surface area contributed by atoms with Gasteiger partial charge in [0.1, 0.15) is 17.8 Å². The van der Waals surface area contributed by atoms with Crippen molar-refractivity contribution in [3.8, 4) is 11.3 Å². The number of H-pyrrole nitrogens is 1. The second-order valence-corrected chi connectivity index (χ2v) is 9.78. The van der Waals surface area contributed by atoms with Gasteiger partial charge in [-0.05, 0) is 57.0 Å². The molecule has 0 fully saturated rings. The van der Waals surface area contributed by atoms with Gasteiger partial charge in [0.2, 0.25) is 5.91 Å². The predicted octanol–water partition coefficient (Wildman–Crippen LogP) is 5.40. The second kappa shape index (κ2) is 9.81. The molecule has 0 unspecified atom stereocenters. The molecular formula is C28H31N5O3. The number of amides is 1. The Balaban J connectivity index is 1.50. The Morgan fingerprint density at radius 3 is 2.31 bits per heavy atom. The van der Waals surface area contributed by atoms with Crippen molar-refractivity contribution in [3.05, 3.63) is 72.6 Å². The highest BCUT2D eigenvalue weighted by molar-refractivity contribution is 5.99. The Labute approximate surface area is 210 Å². The van der Waals surface area contributed by atoms with Crippen molar-refractivity contribution in [3.63, 3.8) is 0 Å². The lowest BCUT2D eigenvalue weighted by Crippen LogP contribution is -2.48. The number of methoxy groups -OCH3 is 1. The molecule has 0 aliphatic carbocycles. The normalized spacial score (nSPS) is 11.8. The average Bonchev–Trinajstić information content (AvgIpc) is 3.32. The quantitative estimate of drug-likeness (QED) is 0.288. The van der Waals surface area contributed by atoms with Crippen molar-refractivity contribution in [2.75, 3.05) is 17.7 Å². The number of carbonyl (C=O) groups excluding carboxylic acids is 2. The summed E-state index contributed by atoms with van der Waals surface area (Å²) in [6.07, 6.45) is 1.53. The SMILES string of the molecule is COC(=O)C(C)(C)C(C)(C)C(=O)Nc1ccc(-c2cc3c(NCc4ccccc4)ncnc3[nH]2)cc1. The number of ether oxygens (including phenoxy) is 1. The summed E-state index contributed by atoms with van der Waals surface area (Å²) in [7, 11) is 1.33. The highest BCUT2D eigenvalue weighted by atomic mass is 16.5. The number of rotatable bonds is 8. The minimum absolute atomic E-state index is 0.263.